The number of carbonyl (C=O) groups excluding carboxylic acids is 1. The van der Waals surface area contributed by atoms with Crippen LogP contribution < -0.4 is 0 Å². The molecule has 4 atom stereocenters. The van der Waals surface area contributed by atoms with E-state index < -0.39 is 42.1 Å². The molecule has 9 heteroatoms. The summed E-state index contributed by atoms with van der Waals surface area (Å²) in [4.78, 5) is 12.1. The lowest BCUT2D eigenvalue weighted by atomic mass is 10.2. The second-order valence-electron chi connectivity index (χ2n) is 6.61. The molecule has 0 amide bonds. The third-order valence-corrected chi connectivity index (χ3v) is 4.30. The molecule has 0 spiro atoms. The van der Waals surface area contributed by atoms with Crippen LogP contribution in [0.25, 0.3) is 0 Å². The van der Waals surface area contributed by atoms with E-state index >= 15 is 0 Å². The molecule has 2 aliphatic heterocycles. The highest BCUT2D eigenvalue weighted by Crippen LogP contribution is 2.28. The van der Waals surface area contributed by atoms with Crippen molar-refractivity contribution in [1.82, 2.24) is 0 Å². The van der Waals surface area contributed by atoms with E-state index in [0.717, 1.165) is 0 Å². The Balaban J connectivity index is 1.86. The van der Waals surface area contributed by atoms with E-state index in [1.54, 1.807) is 27.7 Å². The molecule has 7 nitrogen and oxygen atoms in total. The molecule has 0 saturated carbocycles. The van der Waals surface area contributed by atoms with E-state index in [1.165, 1.54) is 0 Å². The number of ether oxygens (including phenoxy) is 6. The normalized spacial score (nSPS) is 30.8. The van der Waals surface area contributed by atoms with E-state index in [0.29, 0.717) is 0 Å². The van der Waals surface area contributed by atoms with Crippen LogP contribution in [0.5, 0.6) is 0 Å². The molecule has 2 saturated heterocycles. The molecule has 2 rings (SSSR count). The zero-order valence-electron chi connectivity index (χ0n) is 14.3. The first kappa shape index (κ1) is 20.0. The Morgan fingerprint density at radius 1 is 0.958 bits per heavy atom. The summed E-state index contributed by atoms with van der Waals surface area (Å²) in [5, 5.41) is 0. The molecular weight excluding hydrogens is 363 g/mol. The van der Waals surface area contributed by atoms with Gasteiger partial charge in [-0.05, 0) is 27.7 Å². The fourth-order valence-electron chi connectivity index (χ4n) is 2.49. The first-order chi connectivity index (χ1) is 11.2. The van der Waals surface area contributed by atoms with Gasteiger partial charge in [-0.2, -0.15) is 0 Å². The van der Waals surface area contributed by atoms with Gasteiger partial charge in [0.1, 0.15) is 24.4 Å². The summed E-state index contributed by atoms with van der Waals surface area (Å²) in [6, 6.07) is 0. The molecule has 0 radical (unpaired) electrons. The second kappa shape index (κ2) is 7.93. The molecule has 2 heterocycles. The maximum atomic E-state index is 12.1. The number of carbonyl (C=O) groups is 1. The van der Waals surface area contributed by atoms with Crippen molar-refractivity contribution in [3.8, 4) is 0 Å². The first-order valence-electron chi connectivity index (χ1n) is 7.78. The Bertz CT molecular complexity index is 406. The van der Waals surface area contributed by atoms with E-state index in [-0.39, 0.29) is 25.0 Å². The molecule has 0 aromatic carbocycles. The fourth-order valence-corrected chi connectivity index (χ4v) is 3.01. The van der Waals surface area contributed by atoms with Crippen molar-refractivity contribution in [2.75, 3.05) is 25.0 Å². The third-order valence-electron chi connectivity index (χ3n) is 3.69. The summed E-state index contributed by atoms with van der Waals surface area (Å²) in [5.74, 6) is -1.36. The highest BCUT2D eigenvalue weighted by Gasteiger charge is 2.41. The van der Waals surface area contributed by atoms with Gasteiger partial charge in [-0.3, -0.25) is 0 Å². The Labute approximate surface area is 151 Å². The summed E-state index contributed by atoms with van der Waals surface area (Å²) in [7, 11) is 0. The van der Waals surface area contributed by atoms with Crippen LogP contribution in [0.15, 0.2) is 0 Å². The van der Waals surface area contributed by atoms with Gasteiger partial charge in [-0.25, -0.2) is 4.79 Å². The lowest BCUT2D eigenvalue weighted by molar-refractivity contribution is -0.157. The topological polar surface area (TPSA) is 72.5 Å². The van der Waals surface area contributed by atoms with Crippen molar-refractivity contribution in [2.45, 2.75) is 63.7 Å². The highest BCUT2D eigenvalue weighted by molar-refractivity contribution is 6.18. The maximum Gasteiger partial charge on any atom is 0.509 e. The minimum atomic E-state index is -0.882. The molecule has 0 aromatic heterocycles. The number of hydrogen-bond acceptors (Lipinski definition) is 7. The van der Waals surface area contributed by atoms with Crippen LogP contribution in [-0.2, 0) is 28.4 Å². The molecule has 0 bridgehead atoms. The first-order valence-corrected chi connectivity index (χ1v) is 8.85. The van der Waals surface area contributed by atoms with Gasteiger partial charge in [0.05, 0.1) is 25.0 Å². The van der Waals surface area contributed by atoms with Gasteiger partial charge in [-0.15, -0.1) is 23.2 Å². The van der Waals surface area contributed by atoms with Gasteiger partial charge in [0.25, 0.3) is 0 Å². The summed E-state index contributed by atoms with van der Waals surface area (Å²) in [6.07, 6.45) is -3.16. The largest absolute Gasteiger partial charge is 0.509 e. The highest BCUT2D eigenvalue weighted by atomic mass is 35.5. The summed E-state index contributed by atoms with van der Waals surface area (Å²) in [6.45, 7) is 7.67. The Morgan fingerprint density at radius 3 is 1.58 bits per heavy atom. The third kappa shape index (κ3) is 5.34. The average molecular weight is 387 g/mol. The Hall–Kier alpha value is -0.310. The number of hydrogen-bond donors (Lipinski definition) is 0. The molecule has 4 unspecified atom stereocenters. The van der Waals surface area contributed by atoms with Gasteiger partial charge in [0.15, 0.2) is 11.6 Å². The molecule has 2 aliphatic rings. The molecule has 0 aromatic rings. The maximum absolute atomic E-state index is 12.1. The SMILES string of the molecule is CC1(C)OCC(C(CCl)OC(=O)OC(CCl)C2COC(C)(C)O2)O1. The Morgan fingerprint density at radius 2 is 1.33 bits per heavy atom. The summed E-state index contributed by atoms with van der Waals surface area (Å²) < 4.78 is 32.7. The lowest BCUT2D eigenvalue weighted by Crippen LogP contribution is -2.40. The molecular formula is C15H24Cl2O7. The predicted molar refractivity (Wildman–Crippen MR) is 86.4 cm³/mol. The molecule has 0 N–H and O–H groups in total. The van der Waals surface area contributed by atoms with Crippen molar-refractivity contribution < 1.29 is 33.2 Å². The van der Waals surface area contributed by atoms with Crippen LogP contribution in [0.4, 0.5) is 4.79 Å². The zero-order valence-corrected chi connectivity index (χ0v) is 15.8. The molecule has 0 aliphatic carbocycles. The van der Waals surface area contributed by atoms with Crippen LogP contribution in [0, 0.1) is 0 Å². The van der Waals surface area contributed by atoms with Crippen LogP contribution in [-0.4, -0.2) is 67.1 Å². The zero-order chi connectivity index (χ0) is 18.0. The van der Waals surface area contributed by atoms with E-state index in [4.69, 9.17) is 51.6 Å². The minimum Gasteiger partial charge on any atom is -0.427 e. The van der Waals surface area contributed by atoms with Crippen LogP contribution in [0.2, 0.25) is 0 Å². The minimum absolute atomic E-state index is 0.0564. The number of rotatable bonds is 6. The van der Waals surface area contributed by atoms with Gasteiger partial charge < -0.3 is 28.4 Å². The van der Waals surface area contributed by atoms with Crippen LogP contribution >= 0.6 is 23.2 Å². The lowest BCUT2D eigenvalue weighted by Gasteiger charge is -2.25. The van der Waals surface area contributed by atoms with Gasteiger partial charge in [0.2, 0.25) is 0 Å². The van der Waals surface area contributed by atoms with Crippen molar-refractivity contribution >= 4 is 29.4 Å². The van der Waals surface area contributed by atoms with Gasteiger partial charge in [0, 0.05) is 0 Å². The average Bonchev–Trinajstić information content (AvgIpc) is 3.04. The Kier molecular flexibility index (Phi) is 6.61. The number of halogens is 2. The smallest absolute Gasteiger partial charge is 0.427 e. The van der Waals surface area contributed by atoms with Gasteiger partial charge >= 0.3 is 6.16 Å². The van der Waals surface area contributed by atoms with E-state index in [9.17, 15) is 4.79 Å². The van der Waals surface area contributed by atoms with Crippen LogP contribution in [0.1, 0.15) is 27.7 Å². The van der Waals surface area contributed by atoms with E-state index in [2.05, 4.69) is 0 Å². The predicted octanol–water partition coefficient (Wildman–Crippen LogP) is 2.66. The van der Waals surface area contributed by atoms with Gasteiger partial charge in [-0.1, -0.05) is 0 Å². The van der Waals surface area contributed by atoms with Crippen molar-refractivity contribution in [3.63, 3.8) is 0 Å². The van der Waals surface area contributed by atoms with Crippen molar-refractivity contribution in [2.24, 2.45) is 0 Å². The van der Waals surface area contributed by atoms with E-state index in [1.807, 2.05) is 0 Å². The monoisotopic (exact) mass is 386 g/mol. The second-order valence-corrected chi connectivity index (χ2v) is 7.22. The molecule has 140 valence electrons. The molecule has 2 fully saturated rings. The summed E-state index contributed by atoms with van der Waals surface area (Å²) in [5.41, 5.74) is 0. The quantitative estimate of drug-likeness (QED) is 0.513. The number of alkyl halides is 2. The molecule has 24 heavy (non-hydrogen) atoms. The summed E-state index contributed by atoms with van der Waals surface area (Å²) >= 11 is 11.8. The van der Waals surface area contributed by atoms with Crippen molar-refractivity contribution in [1.29, 1.82) is 0 Å². The fraction of sp³-hybridized carbons (Fsp3) is 0.933. The van der Waals surface area contributed by atoms with Crippen LogP contribution in [0.3, 0.4) is 0 Å². The van der Waals surface area contributed by atoms with Crippen molar-refractivity contribution in [3.05, 3.63) is 0 Å². The standard InChI is InChI=1S/C15H24Cl2O7/c1-14(2)19-7-11(23-14)9(5-16)21-13(18)22-10(6-17)12-8-20-15(3,4)24-12/h9-12H,5-8H2,1-4H3.